The van der Waals surface area contributed by atoms with Crippen LogP contribution in [0, 0.1) is 11.3 Å². The fourth-order valence-corrected chi connectivity index (χ4v) is 3.37. The van der Waals surface area contributed by atoms with Gasteiger partial charge in [0.1, 0.15) is 0 Å². The molecule has 1 aliphatic rings. The molecule has 1 rings (SSSR count). The second-order valence-electron chi connectivity index (χ2n) is 7.19. The minimum Gasteiger partial charge on any atom is -0.392 e. The van der Waals surface area contributed by atoms with Crippen LogP contribution < -0.4 is 0 Å². The molecule has 1 N–H and O–H groups in total. The predicted octanol–water partition coefficient (Wildman–Crippen LogP) is 4.07. The average Bonchev–Trinajstić information content (AvgIpc) is 2.38. The largest absolute Gasteiger partial charge is 0.392 e. The van der Waals surface area contributed by atoms with E-state index >= 15 is 0 Å². The summed E-state index contributed by atoms with van der Waals surface area (Å²) in [5.41, 5.74) is 0.106. The summed E-state index contributed by atoms with van der Waals surface area (Å²) in [4.78, 5) is 2.61. The Bertz CT molecular complexity index is 252. The van der Waals surface area contributed by atoms with E-state index in [9.17, 15) is 5.11 Å². The van der Waals surface area contributed by atoms with Gasteiger partial charge in [-0.2, -0.15) is 0 Å². The zero-order chi connectivity index (χ0) is 14.5. The van der Waals surface area contributed by atoms with Crippen molar-refractivity contribution in [2.75, 3.05) is 13.1 Å². The van der Waals surface area contributed by atoms with Crippen molar-refractivity contribution in [1.82, 2.24) is 4.90 Å². The Hall–Kier alpha value is -0.0800. The molecule has 1 saturated carbocycles. The lowest BCUT2D eigenvalue weighted by molar-refractivity contribution is -0.0465. The Labute approximate surface area is 120 Å². The van der Waals surface area contributed by atoms with Crippen LogP contribution >= 0.6 is 0 Å². The minimum atomic E-state index is -0.130. The van der Waals surface area contributed by atoms with Crippen molar-refractivity contribution < 1.29 is 5.11 Å². The SMILES string of the molecule is CCCCN(CC1CCCC(C)(C)C1O)C(C)CC. The maximum absolute atomic E-state index is 10.6. The standard InChI is InChI=1S/C17H35NO/c1-6-8-12-18(14(3)7-2)13-15-10-9-11-17(4,5)16(15)19/h14-16,19H,6-13H2,1-5H3. The highest BCUT2D eigenvalue weighted by Crippen LogP contribution is 2.39. The van der Waals surface area contributed by atoms with Gasteiger partial charge in [-0.05, 0) is 50.5 Å². The van der Waals surface area contributed by atoms with Crippen molar-refractivity contribution in [2.24, 2.45) is 11.3 Å². The quantitative estimate of drug-likeness (QED) is 0.753. The minimum absolute atomic E-state index is 0.106. The lowest BCUT2D eigenvalue weighted by Crippen LogP contribution is -2.47. The van der Waals surface area contributed by atoms with Crippen LogP contribution in [0.15, 0.2) is 0 Å². The topological polar surface area (TPSA) is 23.5 Å². The van der Waals surface area contributed by atoms with E-state index in [1.54, 1.807) is 0 Å². The second-order valence-corrected chi connectivity index (χ2v) is 7.19. The van der Waals surface area contributed by atoms with Crippen molar-refractivity contribution in [3.63, 3.8) is 0 Å². The second kappa shape index (κ2) is 7.64. The molecule has 3 atom stereocenters. The van der Waals surface area contributed by atoms with Gasteiger partial charge in [0.2, 0.25) is 0 Å². The monoisotopic (exact) mass is 269 g/mol. The highest BCUT2D eigenvalue weighted by molar-refractivity contribution is 4.89. The van der Waals surface area contributed by atoms with Gasteiger partial charge in [-0.15, -0.1) is 0 Å². The number of nitrogens with zero attached hydrogens (tertiary/aromatic N) is 1. The molecule has 0 aromatic rings. The molecule has 1 fully saturated rings. The molecule has 0 heterocycles. The van der Waals surface area contributed by atoms with Crippen molar-refractivity contribution in [3.8, 4) is 0 Å². The number of aliphatic hydroxyl groups excluding tert-OH is 1. The number of unbranched alkanes of at least 4 members (excludes halogenated alkanes) is 1. The first-order valence-corrected chi connectivity index (χ1v) is 8.34. The Kier molecular flexibility index (Phi) is 6.82. The molecule has 0 bridgehead atoms. The Balaban J connectivity index is 2.61. The van der Waals surface area contributed by atoms with E-state index in [4.69, 9.17) is 0 Å². The Morgan fingerprint density at radius 1 is 1.32 bits per heavy atom. The maximum atomic E-state index is 10.6. The fourth-order valence-electron chi connectivity index (χ4n) is 3.37. The zero-order valence-corrected chi connectivity index (χ0v) is 13.8. The first-order valence-electron chi connectivity index (χ1n) is 8.34. The van der Waals surface area contributed by atoms with Crippen molar-refractivity contribution >= 4 is 0 Å². The summed E-state index contributed by atoms with van der Waals surface area (Å²) in [6.45, 7) is 13.6. The van der Waals surface area contributed by atoms with E-state index in [1.807, 2.05) is 0 Å². The lowest BCUT2D eigenvalue weighted by Gasteiger charge is -2.43. The predicted molar refractivity (Wildman–Crippen MR) is 83.4 cm³/mol. The Morgan fingerprint density at radius 2 is 2.00 bits per heavy atom. The number of hydrogen-bond acceptors (Lipinski definition) is 2. The molecule has 3 unspecified atom stereocenters. The molecule has 0 saturated heterocycles. The number of hydrogen-bond donors (Lipinski definition) is 1. The summed E-state index contributed by atoms with van der Waals surface area (Å²) >= 11 is 0. The van der Waals surface area contributed by atoms with E-state index in [0.717, 1.165) is 6.54 Å². The third kappa shape index (κ3) is 4.75. The summed E-state index contributed by atoms with van der Waals surface area (Å²) in [5, 5.41) is 10.6. The highest BCUT2D eigenvalue weighted by atomic mass is 16.3. The molecule has 0 amide bonds. The van der Waals surface area contributed by atoms with E-state index in [-0.39, 0.29) is 11.5 Å². The zero-order valence-electron chi connectivity index (χ0n) is 13.8. The first-order chi connectivity index (χ1) is 8.92. The van der Waals surface area contributed by atoms with Crippen LogP contribution in [-0.2, 0) is 0 Å². The van der Waals surface area contributed by atoms with Crippen LogP contribution in [-0.4, -0.2) is 35.2 Å². The Morgan fingerprint density at radius 3 is 2.58 bits per heavy atom. The molecule has 1 aliphatic carbocycles. The van der Waals surface area contributed by atoms with Gasteiger partial charge in [-0.25, -0.2) is 0 Å². The van der Waals surface area contributed by atoms with Gasteiger partial charge < -0.3 is 10.0 Å². The van der Waals surface area contributed by atoms with Gasteiger partial charge in [0, 0.05) is 12.6 Å². The van der Waals surface area contributed by atoms with E-state index in [2.05, 4.69) is 39.5 Å². The summed E-state index contributed by atoms with van der Waals surface area (Å²) < 4.78 is 0. The fraction of sp³-hybridized carbons (Fsp3) is 1.00. The van der Waals surface area contributed by atoms with E-state index in [0.29, 0.717) is 12.0 Å². The molecule has 0 aliphatic heterocycles. The normalized spacial score (nSPS) is 28.6. The average molecular weight is 269 g/mol. The van der Waals surface area contributed by atoms with Crippen molar-refractivity contribution in [2.45, 2.75) is 85.3 Å². The van der Waals surface area contributed by atoms with Crippen LogP contribution in [0.2, 0.25) is 0 Å². The molecule has 2 nitrogen and oxygen atoms in total. The van der Waals surface area contributed by atoms with Gasteiger partial charge in [-0.1, -0.05) is 40.5 Å². The van der Waals surface area contributed by atoms with Gasteiger partial charge in [0.05, 0.1) is 6.10 Å². The van der Waals surface area contributed by atoms with Gasteiger partial charge in [0.25, 0.3) is 0 Å². The van der Waals surface area contributed by atoms with Crippen LogP contribution in [0.25, 0.3) is 0 Å². The van der Waals surface area contributed by atoms with Crippen molar-refractivity contribution in [3.05, 3.63) is 0 Å². The first kappa shape index (κ1) is 17.0. The van der Waals surface area contributed by atoms with Crippen LogP contribution in [0.4, 0.5) is 0 Å². The van der Waals surface area contributed by atoms with Crippen LogP contribution in [0.1, 0.15) is 73.1 Å². The third-order valence-corrected chi connectivity index (χ3v) is 5.13. The van der Waals surface area contributed by atoms with Gasteiger partial charge >= 0.3 is 0 Å². The molecule has 0 aromatic carbocycles. The summed E-state index contributed by atoms with van der Waals surface area (Å²) in [6.07, 6.45) is 7.25. The van der Waals surface area contributed by atoms with Crippen molar-refractivity contribution in [1.29, 1.82) is 0 Å². The summed E-state index contributed by atoms with van der Waals surface area (Å²) in [5.74, 6) is 0.467. The summed E-state index contributed by atoms with van der Waals surface area (Å²) in [6, 6.07) is 0.642. The van der Waals surface area contributed by atoms with Crippen LogP contribution in [0.5, 0.6) is 0 Å². The van der Waals surface area contributed by atoms with Gasteiger partial charge in [0.15, 0.2) is 0 Å². The van der Waals surface area contributed by atoms with E-state index < -0.39 is 0 Å². The van der Waals surface area contributed by atoms with Crippen LogP contribution in [0.3, 0.4) is 0 Å². The molecule has 0 spiro atoms. The molecule has 114 valence electrons. The third-order valence-electron chi connectivity index (χ3n) is 5.13. The molecular formula is C17H35NO. The summed E-state index contributed by atoms with van der Waals surface area (Å²) in [7, 11) is 0. The highest BCUT2D eigenvalue weighted by Gasteiger charge is 2.38. The maximum Gasteiger partial charge on any atom is 0.0631 e. The molecule has 2 heteroatoms. The smallest absolute Gasteiger partial charge is 0.0631 e. The number of rotatable bonds is 7. The molecular weight excluding hydrogens is 234 g/mol. The lowest BCUT2D eigenvalue weighted by atomic mass is 9.69. The van der Waals surface area contributed by atoms with E-state index in [1.165, 1.54) is 45.1 Å². The molecule has 0 radical (unpaired) electrons. The number of aliphatic hydroxyl groups is 1. The van der Waals surface area contributed by atoms with Gasteiger partial charge in [-0.3, -0.25) is 0 Å². The molecule has 19 heavy (non-hydrogen) atoms. The molecule has 0 aromatic heterocycles.